The quantitative estimate of drug-likeness (QED) is 0.587. The smallest absolute Gasteiger partial charge is 0.0928 e. The maximum absolute atomic E-state index is 10.2. The molecule has 2 heteroatoms. The first-order valence-corrected chi connectivity index (χ1v) is 10.7. The molecule has 1 nitrogen and oxygen atoms in total. The van der Waals surface area contributed by atoms with Crippen LogP contribution in [0.15, 0.2) is 23.4 Å². The molecule has 0 heterocycles. The van der Waals surface area contributed by atoms with Gasteiger partial charge < -0.3 is 5.11 Å². The third-order valence-corrected chi connectivity index (χ3v) is 5.02. The van der Waals surface area contributed by atoms with Crippen LogP contribution >= 0.6 is 0 Å². The van der Waals surface area contributed by atoms with Gasteiger partial charge in [-0.1, -0.05) is 58.3 Å². The third-order valence-electron chi connectivity index (χ3n) is 3.83. The van der Waals surface area contributed by atoms with Crippen molar-refractivity contribution >= 4 is 8.07 Å². The van der Waals surface area contributed by atoms with Gasteiger partial charge in [-0.15, -0.1) is 0 Å². The Morgan fingerprint density at radius 1 is 1.33 bits per heavy atom. The molecule has 0 aromatic carbocycles. The van der Waals surface area contributed by atoms with Crippen LogP contribution in [0.5, 0.6) is 0 Å². The largest absolute Gasteiger partial charge is 0.385 e. The van der Waals surface area contributed by atoms with Gasteiger partial charge in [0.2, 0.25) is 0 Å². The van der Waals surface area contributed by atoms with E-state index in [0.717, 1.165) is 18.8 Å². The lowest BCUT2D eigenvalue weighted by atomic mass is 9.72. The average Bonchev–Trinajstić information content (AvgIpc) is 2.24. The van der Waals surface area contributed by atoms with Gasteiger partial charge in [-0.25, -0.2) is 0 Å². The fourth-order valence-electron chi connectivity index (χ4n) is 2.41. The van der Waals surface area contributed by atoms with Gasteiger partial charge in [-0.05, 0) is 36.2 Å². The molecule has 0 aromatic rings. The van der Waals surface area contributed by atoms with Crippen molar-refractivity contribution in [2.24, 2.45) is 11.3 Å². The van der Waals surface area contributed by atoms with Crippen LogP contribution in [-0.2, 0) is 0 Å². The first-order valence-electron chi connectivity index (χ1n) is 7.16. The second-order valence-electron chi connectivity index (χ2n) is 7.79. The minimum atomic E-state index is -1.19. The summed E-state index contributed by atoms with van der Waals surface area (Å²) in [4.78, 5) is 0. The van der Waals surface area contributed by atoms with Gasteiger partial charge in [-0.3, -0.25) is 0 Å². The second-order valence-corrected chi connectivity index (χ2v) is 12.9. The molecule has 0 saturated heterocycles. The van der Waals surface area contributed by atoms with Crippen LogP contribution in [-0.4, -0.2) is 19.3 Å². The van der Waals surface area contributed by atoms with E-state index in [9.17, 15) is 5.11 Å². The van der Waals surface area contributed by atoms with Crippen LogP contribution < -0.4 is 0 Å². The molecule has 1 rings (SSSR count). The first kappa shape index (κ1) is 15.7. The Morgan fingerprint density at radius 2 is 1.94 bits per heavy atom. The van der Waals surface area contributed by atoms with E-state index < -0.39 is 8.07 Å². The molecule has 0 radical (unpaired) electrons. The summed E-state index contributed by atoms with van der Waals surface area (Å²) in [6.07, 6.45) is 7.33. The molecular weight excluding hydrogens is 236 g/mol. The molecular formula is C16H30OSi. The Morgan fingerprint density at radius 3 is 2.33 bits per heavy atom. The predicted molar refractivity (Wildman–Crippen MR) is 83.4 cm³/mol. The standard InChI is InChI=1S/C16H30OSi/c1-16(2,3)14-9-7-13(8-10-14)15(17)11-12-18(4,5)6/h7,11-12,14-15,17H,8-10H2,1-6H3/b12-11+. The summed E-state index contributed by atoms with van der Waals surface area (Å²) in [6, 6.07) is 0. The van der Waals surface area contributed by atoms with E-state index in [4.69, 9.17) is 0 Å². The Balaban J connectivity index is 2.60. The molecule has 0 aliphatic heterocycles. The van der Waals surface area contributed by atoms with Crippen LogP contribution in [0.25, 0.3) is 0 Å². The topological polar surface area (TPSA) is 20.2 Å². The normalized spacial score (nSPS) is 24.2. The van der Waals surface area contributed by atoms with Gasteiger partial charge in [0.25, 0.3) is 0 Å². The SMILES string of the molecule is CC(C)(C)C1CC=C(C(O)/C=C/[Si](C)(C)C)CC1. The number of rotatable bonds is 3. The van der Waals surface area contributed by atoms with Crippen molar-refractivity contribution in [1.82, 2.24) is 0 Å². The van der Waals surface area contributed by atoms with Crippen LogP contribution in [0.3, 0.4) is 0 Å². The van der Waals surface area contributed by atoms with E-state index in [0.29, 0.717) is 5.41 Å². The Hall–Kier alpha value is -0.343. The van der Waals surface area contributed by atoms with Crippen molar-refractivity contribution < 1.29 is 5.11 Å². The van der Waals surface area contributed by atoms with E-state index in [1.165, 1.54) is 12.0 Å². The van der Waals surface area contributed by atoms with Gasteiger partial charge in [-0.2, -0.15) is 0 Å². The van der Waals surface area contributed by atoms with Crippen molar-refractivity contribution in [2.45, 2.75) is 65.8 Å². The molecule has 1 aliphatic carbocycles. The molecule has 104 valence electrons. The monoisotopic (exact) mass is 266 g/mol. The number of aliphatic hydroxyl groups is 1. The highest BCUT2D eigenvalue weighted by atomic mass is 28.3. The second kappa shape index (κ2) is 5.75. The predicted octanol–water partition coefficient (Wildman–Crippen LogP) is 4.55. The lowest BCUT2D eigenvalue weighted by molar-refractivity contribution is 0.202. The summed E-state index contributed by atoms with van der Waals surface area (Å²) in [5.74, 6) is 0.759. The summed E-state index contributed by atoms with van der Waals surface area (Å²) in [7, 11) is -1.19. The summed E-state index contributed by atoms with van der Waals surface area (Å²) in [5, 5.41) is 10.2. The van der Waals surface area contributed by atoms with Crippen molar-refractivity contribution in [1.29, 1.82) is 0 Å². The summed E-state index contributed by atoms with van der Waals surface area (Å²) in [5.41, 5.74) is 3.86. The Kier molecular flexibility index (Phi) is 5.02. The van der Waals surface area contributed by atoms with Crippen LogP contribution in [0, 0.1) is 11.3 Å². The van der Waals surface area contributed by atoms with Crippen molar-refractivity contribution in [3.05, 3.63) is 23.4 Å². The summed E-state index contributed by atoms with van der Waals surface area (Å²) in [6.45, 7) is 13.8. The fraction of sp³-hybridized carbons (Fsp3) is 0.750. The van der Waals surface area contributed by atoms with Crippen LogP contribution in [0.1, 0.15) is 40.0 Å². The van der Waals surface area contributed by atoms with Crippen LogP contribution in [0.4, 0.5) is 0 Å². The first-order chi connectivity index (χ1) is 8.09. The van der Waals surface area contributed by atoms with E-state index in [1.54, 1.807) is 0 Å². The molecule has 2 unspecified atom stereocenters. The van der Waals surface area contributed by atoms with Gasteiger partial charge in [0.1, 0.15) is 0 Å². The van der Waals surface area contributed by atoms with Crippen LogP contribution in [0.2, 0.25) is 19.6 Å². The molecule has 0 spiro atoms. The molecule has 0 bridgehead atoms. The van der Waals surface area contributed by atoms with Gasteiger partial charge >= 0.3 is 0 Å². The van der Waals surface area contributed by atoms with Gasteiger partial charge in [0.05, 0.1) is 14.2 Å². The number of hydrogen-bond acceptors (Lipinski definition) is 1. The summed E-state index contributed by atoms with van der Waals surface area (Å²) >= 11 is 0. The fourth-order valence-corrected chi connectivity index (χ4v) is 3.17. The van der Waals surface area contributed by atoms with Gasteiger partial charge in [0.15, 0.2) is 0 Å². The molecule has 1 aliphatic rings. The lowest BCUT2D eigenvalue weighted by Crippen LogP contribution is -2.24. The van der Waals surface area contributed by atoms with Gasteiger partial charge in [0, 0.05) is 0 Å². The average molecular weight is 267 g/mol. The zero-order valence-corrected chi connectivity index (χ0v) is 14.0. The van der Waals surface area contributed by atoms with Crippen molar-refractivity contribution in [3.8, 4) is 0 Å². The zero-order chi connectivity index (χ0) is 14.0. The minimum absolute atomic E-state index is 0.349. The third kappa shape index (κ3) is 5.11. The molecule has 0 fully saturated rings. The molecule has 1 N–H and O–H groups in total. The van der Waals surface area contributed by atoms with E-state index in [-0.39, 0.29) is 6.10 Å². The molecule has 18 heavy (non-hydrogen) atoms. The minimum Gasteiger partial charge on any atom is -0.385 e. The Labute approximate surface area is 114 Å². The number of allylic oxidation sites excluding steroid dienone is 1. The van der Waals surface area contributed by atoms with E-state index >= 15 is 0 Å². The lowest BCUT2D eigenvalue weighted by Gasteiger charge is -2.33. The zero-order valence-electron chi connectivity index (χ0n) is 13.0. The highest BCUT2D eigenvalue weighted by Crippen LogP contribution is 2.37. The maximum Gasteiger partial charge on any atom is 0.0928 e. The van der Waals surface area contributed by atoms with E-state index in [2.05, 4.69) is 52.2 Å². The molecule has 2 atom stereocenters. The highest BCUT2D eigenvalue weighted by molar-refractivity contribution is 6.80. The summed E-state index contributed by atoms with van der Waals surface area (Å²) < 4.78 is 0. The molecule has 0 aromatic heterocycles. The molecule has 0 saturated carbocycles. The van der Waals surface area contributed by atoms with Crippen molar-refractivity contribution in [2.75, 3.05) is 0 Å². The Bertz CT molecular complexity index is 328. The molecule has 0 amide bonds. The highest BCUT2D eigenvalue weighted by Gasteiger charge is 2.27. The number of aliphatic hydroxyl groups excluding tert-OH is 1. The van der Waals surface area contributed by atoms with Crippen molar-refractivity contribution in [3.63, 3.8) is 0 Å². The van der Waals surface area contributed by atoms with E-state index in [1.807, 2.05) is 6.08 Å². The number of hydrogen-bond donors (Lipinski definition) is 1. The maximum atomic E-state index is 10.2.